The first-order valence-electron chi connectivity index (χ1n) is 17.4. The fraction of sp³-hybridized carbons (Fsp3) is 0.0213. The summed E-state index contributed by atoms with van der Waals surface area (Å²) in [5.74, 6) is 0.631. The van der Waals surface area contributed by atoms with Gasteiger partial charge in [-0.3, -0.25) is 0 Å². The molecule has 0 spiro atoms. The Bertz CT molecular complexity index is 2820. The number of aromatic nitrogens is 3. The van der Waals surface area contributed by atoms with Gasteiger partial charge in [0.05, 0.1) is 0 Å². The molecule has 52 heavy (non-hydrogen) atoms. The number of rotatable bonds is 7. The summed E-state index contributed by atoms with van der Waals surface area (Å²) >= 11 is -2.06. The molecule has 3 heterocycles. The third-order valence-electron chi connectivity index (χ3n) is 9.74. The fourth-order valence-corrected chi connectivity index (χ4v) is 14.2. The minimum absolute atomic E-state index is 0.222. The predicted molar refractivity (Wildman–Crippen MR) is 222 cm³/mol. The summed E-state index contributed by atoms with van der Waals surface area (Å²) < 4.78 is 11.8. The molecule has 0 bridgehead atoms. The first-order chi connectivity index (χ1) is 25.8. The van der Waals surface area contributed by atoms with E-state index in [4.69, 9.17) is 14.4 Å². The zero-order chi connectivity index (χ0) is 34.4. The number of fused-ring (bicyclic) bond motifs is 7. The van der Waals surface area contributed by atoms with Crippen LogP contribution in [0.2, 0.25) is 0 Å². The van der Waals surface area contributed by atoms with Gasteiger partial charge in [0.25, 0.3) is 0 Å². The second-order valence-electron chi connectivity index (χ2n) is 12.8. The van der Waals surface area contributed by atoms with Gasteiger partial charge in [0, 0.05) is 5.39 Å². The van der Waals surface area contributed by atoms with Gasteiger partial charge >= 0.3 is 275 Å². The van der Waals surface area contributed by atoms with Gasteiger partial charge in [0.1, 0.15) is 5.58 Å². The number of alkyl halides is 1. The van der Waals surface area contributed by atoms with Crippen molar-refractivity contribution < 1.29 is 4.42 Å². The number of hydrogen-bond acceptors (Lipinski definition) is 3. The van der Waals surface area contributed by atoms with Crippen LogP contribution in [0.25, 0.3) is 61.0 Å². The van der Waals surface area contributed by atoms with E-state index in [-0.39, 0.29) is 3.92 Å². The first-order valence-corrected chi connectivity index (χ1v) is 20.8. The summed E-state index contributed by atoms with van der Waals surface area (Å²) in [5.41, 5.74) is 8.42. The van der Waals surface area contributed by atoms with E-state index in [2.05, 4.69) is 168 Å². The Morgan fingerprint density at radius 1 is 0.519 bits per heavy atom. The van der Waals surface area contributed by atoms with Crippen molar-refractivity contribution in [2.75, 3.05) is 0 Å². The molecular weight excluding hydrogens is 749 g/mol. The number of halogens is 1. The Morgan fingerprint density at radius 3 is 1.94 bits per heavy atom. The van der Waals surface area contributed by atoms with Gasteiger partial charge in [0.2, 0.25) is 0 Å². The Morgan fingerprint density at radius 2 is 1.17 bits per heavy atom. The second-order valence-corrected chi connectivity index (χ2v) is 18.4. The van der Waals surface area contributed by atoms with E-state index >= 15 is 0 Å². The molecule has 0 fully saturated rings. The molecule has 0 saturated carbocycles. The van der Waals surface area contributed by atoms with E-state index in [0.29, 0.717) is 5.95 Å². The van der Waals surface area contributed by atoms with Crippen molar-refractivity contribution in [3.05, 3.63) is 206 Å². The van der Waals surface area contributed by atoms with E-state index in [0.717, 1.165) is 55.0 Å². The molecule has 1 atom stereocenters. The van der Waals surface area contributed by atoms with Crippen LogP contribution in [-0.2, 0) is 0 Å². The Labute approximate surface area is 308 Å². The van der Waals surface area contributed by atoms with Crippen molar-refractivity contribution in [1.82, 2.24) is 14.5 Å². The topological polar surface area (TPSA) is 43.9 Å². The van der Waals surface area contributed by atoms with Crippen molar-refractivity contribution >= 4 is 63.6 Å². The summed E-state index contributed by atoms with van der Waals surface area (Å²) in [6.45, 7) is 0. The average molecular weight is 782 g/mol. The summed E-state index contributed by atoms with van der Waals surface area (Å²) in [4.78, 5) is 10.1. The maximum atomic E-state index is 6.52. The number of nitrogens with zero attached hydrogens (tertiary/aromatic N) is 3. The van der Waals surface area contributed by atoms with Crippen molar-refractivity contribution in [2.45, 2.75) is 3.92 Å². The zero-order valence-corrected chi connectivity index (χ0v) is 30.3. The third kappa shape index (κ3) is 5.19. The predicted octanol–water partition coefficient (Wildman–Crippen LogP) is 12.5. The molecule has 1 unspecified atom stereocenters. The van der Waals surface area contributed by atoms with Crippen LogP contribution in [-0.4, -0.2) is 14.5 Å². The minimum atomic E-state index is -2.06. The van der Waals surface area contributed by atoms with Crippen LogP contribution < -0.4 is 0 Å². The second kappa shape index (κ2) is 12.9. The summed E-state index contributed by atoms with van der Waals surface area (Å²) in [6.07, 6.45) is 1.88. The van der Waals surface area contributed by atoms with E-state index in [1.807, 2.05) is 24.4 Å². The third-order valence-corrected chi connectivity index (χ3v) is 16.6. The molecule has 248 valence electrons. The molecule has 0 saturated heterocycles. The number of furan rings is 1. The molecule has 4 nitrogen and oxygen atoms in total. The van der Waals surface area contributed by atoms with E-state index < -0.39 is 19.8 Å². The molecule has 0 aliphatic rings. The fourth-order valence-electron chi connectivity index (χ4n) is 7.47. The van der Waals surface area contributed by atoms with Gasteiger partial charge in [-0.1, -0.05) is 18.2 Å². The summed E-state index contributed by atoms with van der Waals surface area (Å²) in [5, 5.41) is 4.42. The van der Waals surface area contributed by atoms with Crippen molar-refractivity contribution in [3.63, 3.8) is 0 Å². The van der Waals surface area contributed by atoms with E-state index in [1.54, 1.807) is 0 Å². The summed E-state index contributed by atoms with van der Waals surface area (Å²) in [6, 6.07) is 65.3. The SMILES string of the molecule is c1ccc(C(c2cccc(-c3ccnc(-n4c5ccccc5c5c6oc7ccccc7c6ccc54)n3)c2)I(c2ccccc2)c2ccccc2)cc1. The number of benzene rings is 7. The standard InChI is InChI=1S/C47H32IN3O/c1-4-15-32(16-5-1)45(48(35-19-6-2-7-20-35)36-21-8-3-9-22-36)34-18-14-17-33(31-34)40-29-30-49-47(50-40)51-41-25-12-10-24-39(41)44-42(51)28-27-38-37-23-11-13-26-43(37)52-46(38)44/h1-31,45H. The molecule has 0 radical (unpaired) electrons. The zero-order valence-electron chi connectivity index (χ0n) is 28.1. The van der Waals surface area contributed by atoms with E-state index in [1.165, 1.54) is 18.3 Å². The van der Waals surface area contributed by atoms with Crippen LogP contribution in [0.15, 0.2) is 193 Å². The Balaban J connectivity index is 1.13. The monoisotopic (exact) mass is 781 g/mol. The summed E-state index contributed by atoms with van der Waals surface area (Å²) in [7, 11) is 0. The quantitative estimate of drug-likeness (QED) is 0.119. The Hall–Kier alpha value is -6.05. The van der Waals surface area contributed by atoms with Crippen LogP contribution in [0.5, 0.6) is 0 Å². The van der Waals surface area contributed by atoms with Crippen LogP contribution in [0.3, 0.4) is 0 Å². The van der Waals surface area contributed by atoms with Crippen molar-refractivity contribution in [2.24, 2.45) is 0 Å². The van der Waals surface area contributed by atoms with Crippen molar-refractivity contribution in [3.8, 4) is 17.2 Å². The van der Waals surface area contributed by atoms with Crippen molar-refractivity contribution in [1.29, 1.82) is 0 Å². The Kier molecular flexibility index (Phi) is 7.64. The van der Waals surface area contributed by atoms with E-state index in [9.17, 15) is 0 Å². The van der Waals surface area contributed by atoms with Crippen LogP contribution in [0.4, 0.5) is 0 Å². The maximum absolute atomic E-state index is 6.52. The van der Waals surface area contributed by atoms with Crippen LogP contribution in [0, 0.1) is 7.14 Å². The molecule has 0 amide bonds. The molecule has 7 aromatic carbocycles. The van der Waals surface area contributed by atoms with Gasteiger partial charge in [-0.25, -0.2) is 0 Å². The van der Waals surface area contributed by atoms with Crippen LogP contribution in [0.1, 0.15) is 15.1 Å². The molecular formula is C47H32IN3O. The number of para-hydroxylation sites is 2. The first kappa shape index (κ1) is 30.7. The molecule has 0 N–H and O–H groups in total. The van der Waals surface area contributed by atoms with Gasteiger partial charge in [-0.2, -0.15) is 0 Å². The molecule has 0 aliphatic heterocycles. The van der Waals surface area contributed by atoms with Gasteiger partial charge in [0.15, 0.2) is 0 Å². The van der Waals surface area contributed by atoms with Gasteiger partial charge in [-0.15, -0.1) is 0 Å². The molecule has 10 rings (SSSR count). The molecule has 3 aromatic heterocycles. The van der Waals surface area contributed by atoms with Gasteiger partial charge < -0.3 is 0 Å². The molecule has 0 aliphatic carbocycles. The average Bonchev–Trinajstić information content (AvgIpc) is 3.77. The normalized spacial score (nSPS) is 12.5. The molecule has 10 aromatic rings. The van der Waals surface area contributed by atoms with Gasteiger partial charge in [-0.05, 0) is 6.07 Å². The molecule has 5 heteroatoms. The number of hydrogen-bond donors (Lipinski definition) is 0. The van der Waals surface area contributed by atoms with Crippen LogP contribution >= 0.6 is 19.8 Å².